The maximum atomic E-state index is 12.8. The molecule has 0 N–H and O–H groups in total. The normalized spacial score (nSPS) is 9.39. The van der Waals surface area contributed by atoms with Gasteiger partial charge in [-0.1, -0.05) is 0 Å². The van der Waals surface area contributed by atoms with Gasteiger partial charge in [0.1, 0.15) is 17.4 Å². The molecule has 0 amide bonds. The summed E-state index contributed by atoms with van der Waals surface area (Å²) in [6, 6.07) is 13.2. The molecule has 0 saturated heterocycles. The van der Waals surface area contributed by atoms with Gasteiger partial charge in [0, 0.05) is 18.2 Å². The topological polar surface area (TPSA) is 9.23 Å². The van der Waals surface area contributed by atoms with Crippen molar-refractivity contribution in [2.75, 3.05) is 0 Å². The summed E-state index contributed by atoms with van der Waals surface area (Å²) in [5, 5.41) is 0. The Labute approximate surface area is 121 Å². The second kappa shape index (κ2) is 8.33. The van der Waals surface area contributed by atoms with Crippen molar-refractivity contribution >= 4 is 13.6 Å². The monoisotopic (exact) mass is 362 g/mol. The van der Waals surface area contributed by atoms with E-state index in [1.54, 1.807) is 12.1 Å². The molecule has 0 bridgehead atoms. The number of rotatable bonds is 3. The van der Waals surface area contributed by atoms with Crippen LogP contribution in [0.5, 0.6) is 5.75 Å². The second-order valence-corrected chi connectivity index (χ2v) is 3.30. The number of halogens is 3. The average molecular weight is 365 g/mol. The Morgan fingerprint density at radius 2 is 1.61 bits per heavy atom. The van der Waals surface area contributed by atoms with Gasteiger partial charge in [-0.3, -0.25) is 0 Å². The van der Waals surface area contributed by atoms with E-state index < -0.39 is 11.6 Å². The fourth-order valence-electron chi connectivity index (χ4n) is 1.30. The van der Waals surface area contributed by atoms with E-state index in [1.807, 2.05) is 12.1 Å². The SMILES string of the molecule is Fc1cc(F)cc(OCc2cc[c-]cc2)c1.[Zn+][Br]. The van der Waals surface area contributed by atoms with Crippen molar-refractivity contribution < 1.29 is 29.9 Å². The Hall–Kier alpha value is -0.797. The third-order valence-electron chi connectivity index (χ3n) is 2.03. The van der Waals surface area contributed by atoms with Gasteiger partial charge in [-0.25, -0.2) is 8.78 Å². The van der Waals surface area contributed by atoms with Crippen molar-refractivity contribution in [2.24, 2.45) is 0 Å². The summed E-state index contributed by atoms with van der Waals surface area (Å²) in [4.78, 5) is 0. The van der Waals surface area contributed by atoms with Crippen molar-refractivity contribution in [3.8, 4) is 5.75 Å². The van der Waals surface area contributed by atoms with Gasteiger partial charge in [0.2, 0.25) is 0 Å². The van der Waals surface area contributed by atoms with E-state index in [1.165, 1.54) is 16.3 Å². The first-order chi connectivity index (χ1) is 8.74. The number of benzene rings is 2. The van der Waals surface area contributed by atoms with Gasteiger partial charge in [0.15, 0.2) is 0 Å². The molecular weight excluding hydrogens is 355 g/mol. The number of ether oxygens (including phenoxy) is 1. The molecule has 2 aromatic carbocycles. The van der Waals surface area contributed by atoms with Crippen LogP contribution in [0.25, 0.3) is 0 Å². The van der Waals surface area contributed by atoms with Crippen molar-refractivity contribution in [3.63, 3.8) is 0 Å². The van der Waals surface area contributed by atoms with Gasteiger partial charge < -0.3 is 4.74 Å². The third kappa shape index (κ3) is 5.24. The molecule has 0 aromatic heterocycles. The minimum absolute atomic E-state index is 0.185. The van der Waals surface area contributed by atoms with Crippen LogP contribution in [-0.4, -0.2) is 0 Å². The average Bonchev–Trinajstić information content (AvgIpc) is 2.39. The maximum absolute atomic E-state index is 12.8. The van der Waals surface area contributed by atoms with Gasteiger partial charge in [0.25, 0.3) is 0 Å². The minimum atomic E-state index is -0.642. The fraction of sp³-hybridized carbons (Fsp3) is 0.0769. The van der Waals surface area contributed by atoms with Crippen molar-refractivity contribution in [1.29, 1.82) is 0 Å². The van der Waals surface area contributed by atoms with Gasteiger partial charge in [-0.15, -0.1) is 5.56 Å². The molecular formula is C13H9BrF2OZn. The molecule has 2 aromatic rings. The Morgan fingerprint density at radius 3 is 2.17 bits per heavy atom. The van der Waals surface area contributed by atoms with Gasteiger partial charge in [0.05, 0.1) is 6.61 Å². The number of hydrogen-bond acceptors (Lipinski definition) is 1. The Bertz CT molecular complexity index is 459. The van der Waals surface area contributed by atoms with E-state index in [9.17, 15) is 8.78 Å². The zero-order chi connectivity index (χ0) is 13.4. The molecule has 90 valence electrons. The molecule has 18 heavy (non-hydrogen) atoms. The van der Waals surface area contributed by atoms with Crippen LogP contribution < -0.4 is 4.74 Å². The first-order valence-electron chi connectivity index (χ1n) is 5.04. The molecule has 0 radical (unpaired) electrons. The van der Waals surface area contributed by atoms with Gasteiger partial charge >= 0.3 is 30.0 Å². The van der Waals surface area contributed by atoms with E-state index in [-0.39, 0.29) is 12.4 Å². The summed E-state index contributed by atoms with van der Waals surface area (Å²) in [5.41, 5.74) is 0.920. The molecule has 1 nitrogen and oxygen atoms in total. The van der Waals surface area contributed by atoms with E-state index in [0.717, 1.165) is 23.8 Å². The van der Waals surface area contributed by atoms with Crippen LogP contribution in [0, 0.1) is 17.7 Å². The Morgan fingerprint density at radius 1 is 1.06 bits per heavy atom. The summed E-state index contributed by atoms with van der Waals surface area (Å²) in [7, 11) is 0. The van der Waals surface area contributed by atoms with Crippen molar-refractivity contribution in [1.82, 2.24) is 0 Å². The summed E-state index contributed by atoms with van der Waals surface area (Å²) >= 11 is 4.25. The van der Waals surface area contributed by atoms with E-state index >= 15 is 0 Å². The first kappa shape index (κ1) is 15.3. The molecule has 0 heterocycles. The summed E-state index contributed by atoms with van der Waals surface area (Å²) < 4.78 is 30.9. The fourth-order valence-corrected chi connectivity index (χ4v) is 1.30. The predicted octanol–water partition coefficient (Wildman–Crippen LogP) is 4.19. The molecule has 0 aliphatic rings. The molecule has 0 aliphatic heterocycles. The van der Waals surface area contributed by atoms with Gasteiger partial charge in [-0.05, 0) is 0 Å². The van der Waals surface area contributed by atoms with Crippen LogP contribution in [-0.2, 0) is 22.9 Å². The van der Waals surface area contributed by atoms with Crippen LogP contribution in [0.3, 0.4) is 0 Å². The Balaban J connectivity index is 0.000000771. The van der Waals surface area contributed by atoms with Crippen LogP contribution in [0.4, 0.5) is 8.78 Å². The molecule has 0 atom stereocenters. The quantitative estimate of drug-likeness (QED) is 0.586. The predicted molar refractivity (Wildman–Crippen MR) is 64.9 cm³/mol. The van der Waals surface area contributed by atoms with Crippen molar-refractivity contribution in [2.45, 2.75) is 6.61 Å². The molecule has 0 fully saturated rings. The third-order valence-corrected chi connectivity index (χ3v) is 2.03. The van der Waals surface area contributed by atoms with Crippen LogP contribution in [0.15, 0.2) is 42.5 Å². The molecule has 5 heteroatoms. The number of hydrogen-bond donors (Lipinski definition) is 0. The van der Waals surface area contributed by atoms with Crippen LogP contribution >= 0.6 is 13.6 Å². The molecule has 0 aliphatic carbocycles. The molecule has 0 saturated carbocycles. The standard InChI is InChI=1S/C13H9F2O.BrH.Zn/c14-11-6-12(15)8-13(7-11)16-9-10-4-2-1-3-5-10;;/h2-8H,9H2;1H;/q-1;;+2/p-1. The zero-order valence-corrected chi connectivity index (χ0v) is 14.1. The molecule has 0 unspecified atom stereocenters. The summed E-state index contributed by atoms with van der Waals surface area (Å²) in [6.07, 6.45) is 0. The zero-order valence-electron chi connectivity index (χ0n) is 9.50. The molecule has 0 spiro atoms. The molecule has 2 rings (SSSR count). The Kier molecular flexibility index (Phi) is 7.06. The first-order valence-corrected chi connectivity index (χ1v) is 12.0. The van der Waals surface area contributed by atoms with Crippen LogP contribution in [0.2, 0.25) is 0 Å². The van der Waals surface area contributed by atoms with E-state index in [4.69, 9.17) is 4.74 Å². The summed E-state index contributed by atoms with van der Waals surface area (Å²) in [5.74, 6) is -1.10. The summed E-state index contributed by atoms with van der Waals surface area (Å²) in [6.45, 7) is 0.275. The van der Waals surface area contributed by atoms with Crippen LogP contribution in [0.1, 0.15) is 5.56 Å². The second-order valence-electron chi connectivity index (χ2n) is 3.30. The van der Waals surface area contributed by atoms with E-state index in [2.05, 4.69) is 19.7 Å². The van der Waals surface area contributed by atoms with Gasteiger partial charge in [-0.2, -0.15) is 30.3 Å². The van der Waals surface area contributed by atoms with E-state index in [0.29, 0.717) is 0 Å². The van der Waals surface area contributed by atoms with Crippen molar-refractivity contribution in [3.05, 3.63) is 65.7 Å².